The van der Waals surface area contributed by atoms with Crippen LogP contribution in [0.15, 0.2) is 16.4 Å². The second-order valence-electron chi connectivity index (χ2n) is 8.55. The van der Waals surface area contributed by atoms with E-state index in [1.807, 2.05) is 0 Å². The standard InChI is InChI=1S/C21H25F4N7O10S3/c1-39-13(26-10(33)7-43-18(22)23)15(37)41-4-3-31-20(28-29-30-31)45-6-9-5-42-17-21(40-2,27-11(34)8-44-19(24)25)16(38)32(17)12(9)14(35)36/h13,17-19H,3-8H2,1-2H3,(H,26,33)(H,27,34)(H,35,36)/t13-,17-,21+/m1/s1. The molecule has 0 spiro atoms. The van der Waals surface area contributed by atoms with Gasteiger partial charge in [-0.2, -0.15) is 17.6 Å². The molecule has 24 heteroatoms. The molecule has 0 radical (unpaired) electrons. The summed E-state index contributed by atoms with van der Waals surface area (Å²) in [6.07, 6.45) is -2.94. The van der Waals surface area contributed by atoms with Crippen molar-refractivity contribution in [3.8, 4) is 0 Å². The number of thioether (sulfide) groups is 3. The van der Waals surface area contributed by atoms with Crippen LogP contribution in [0.3, 0.4) is 0 Å². The Kier molecular flexibility index (Phi) is 13.2. The molecule has 250 valence electrons. The average Bonchev–Trinajstić information content (AvgIpc) is 3.45. The van der Waals surface area contributed by atoms with Crippen LogP contribution in [-0.4, -0.2) is 134 Å². The number of carboxylic acid groups (broad SMARTS) is 1. The van der Waals surface area contributed by atoms with Gasteiger partial charge in [0.05, 0.1) is 24.7 Å². The van der Waals surface area contributed by atoms with Crippen molar-refractivity contribution in [1.29, 1.82) is 0 Å². The summed E-state index contributed by atoms with van der Waals surface area (Å²) in [5.41, 5.74) is -2.43. The number of hydrogen-bond donors (Lipinski definition) is 3. The molecule has 2 aliphatic rings. The maximum Gasteiger partial charge on any atom is 0.356 e. The fraction of sp³-hybridized carbons (Fsp3) is 0.619. The highest BCUT2D eigenvalue weighted by Gasteiger charge is 2.67. The van der Waals surface area contributed by atoms with E-state index in [9.17, 15) is 46.6 Å². The summed E-state index contributed by atoms with van der Waals surface area (Å²) in [5.74, 6) is -12.3. The lowest BCUT2D eigenvalue weighted by Crippen LogP contribution is -2.82. The Morgan fingerprint density at radius 3 is 2.40 bits per heavy atom. The molecule has 0 aromatic carbocycles. The number of methoxy groups -OCH3 is 2. The molecule has 2 aliphatic heterocycles. The normalized spacial score (nSPS) is 20.1. The van der Waals surface area contributed by atoms with Crippen LogP contribution in [0.1, 0.15) is 0 Å². The molecule has 0 unspecified atom stereocenters. The molecule has 17 nitrogen and oxygen atoms in total. The number of amides is 3. The van der Waals surface area contributed by atoms with E-state index in [0.29, 0.717) is 0 Å². The molecular weight excluding hydrogens is 682 g/mol. The van der Waals surface area contributed by atoms with Crippen LogP contribution in [0, 0.1) is 0 Å². The number of hydrogen-bond acceptors (Lipinski definition) is 15. The molecule has 1 aromatic heterocycles. The summed E-state index contributed by atoms with van der Waals surface area (Å²) in [6.45, 7) is -0.731. The lowest BCUT2D eigenvalue weighted by atomic mass is 9.94. The number of ether oxygens (including phenoxy) is 4. The number of carboxylic acids is 1. The molecule has 3 amide bonds. The highest BCUT2D eigenvalue weighted by molar-refractivity contribution is 8.00. The van der Waals surface area contributed by atoms with Crippen molar-refractivity contribution in [2.45, 2.75) is 41.4 Å². The summed E-state index contributed by atoms with van der Waals surface area (Å²) >= 11 is 1.03. The monoisotopic (exact) mass is 707 g/mol. The van der Waals surface area contributed by atoms with E-state index in [1.54, 1.807) is 0 Å². The predicted molar refractivity (Wildman–Crippen MR) is 144 cm³/mol. The third kappa shape index (κ3) is 8.96. The van der Waals surface area contributed by atoms with Gasteiger partial charge >= 0.3 is 11.9 Å². The fourth-order valence-corrected chi connectivity index (χ4v) is 5.48. The van der Waals surface area contributed by atoms with Crippen molar-refractivity contribution < 1.29 is 65.6 Å². The van der Waals surface area contributed by atoms with Crippen LogP contribution in [-0.2, 0) is 49.5 Å². The van der Waals surface area contributed by atoms with Gasteiger partial charge in [-0.1, -0.05) is 35.3 Å². The van der Waals surface area contributed by atoms with Gasteiger partial charge in [-0.05, 0) is 16.0 Å². The van der Waals surface area contributed by atoms with E-state index in [2.05, 4.69) is 26.2 Å². The predicted octanol–water partition coefficient (Wildman–Crippen LogP) is -0.695. The topological polar surface area (TPSA) is 213 Å². The summed E-state index contributed by atoms with van der Waals surface area (Å²) in [4.78, 5) is 62.0. The van der Waals surface area contributed by atoms with Crippen molar-refractivity contribution in [2.75, 3.05) is 44.7 Å². The van der Waals surface area contributed by atoms with E-state index in [1.165, 1.54) is 4.68 Å². The molecule has 45 heavy (non-hydrogen) atoms. The van der Waals surface area contributed by atoms with E-state index < -0.39 is 76.6 Å². The Labute approximate surface area is 263 Å². The second kappa shape index (κ2) is 16.4. The van der Waals surface area contributed by atoms with E-state index in [4.69, 9.17) is 18.9 Å². The van der Waals surface area contributed by atoms with Crippen LogP contribution in [0.4, 0.5) is 17.6 Å². The zero-order valence-corrected chi connectivity index (χ0v) is 25.6. The van der Waals surface area contributed by atoms with E-state index in [-0.39, 0.29) is 59.8 Å². The number of fused-ring (bicyclic) bond motifs is 1. The van der Waals surface area contributed by atoms with Crippen molar-refractivity contribution in [3.05, 3.63) is 11.3 Å². The van der Waals surface area contributed by atoms with Gasteiger partial charge in [-0.15, -0.1) is 5.10 Å². The van der Waals surface area contributed by atoms with Gasteiger partial charge in [0.2, 0.25) is 23.2 Å². The summed E-state index contributed by atoms with van der Waals surface area (Å²) in [7, 11) is 2.16. The molecule has 1 fully saturated rings. The molecule has 3 heterocycles. The summed E-state index contributed by atoms with van der Waals surface area (Å²) in [6, 6.07) is 0. The van der Waals surface area contributed by atoms with E-state index in [0.717, 1.165) is 30.9 Å². The maximum atomic E-state index is 13.0. The molecule has 3 N–H and O–H groups in total. The van der Waals surface area contributed by atoms with Gasteiger partial charge in [0.15, 0.2) is 6.23 Å². The first-order chi connectivity index (χ1) is 21.3. The number of esters is 1. The molecule has 3 rings (SSSR count). The molecule has 0 bridgehead atoms. The minimum Gasteiger partial charge on any atom is -0.477 e. The SMILES string of the molecule is CO[C@@H](NC(=O)CSC(F)F)C(=O)OCCn1nnnc1SCC1=C(C(=O)O)N2C(=O)[C@](NC(=O)CSC(F)F)(OC)[C@H]2OC1. The van der Waals surface area contributed by atoms with Gasteiger partial charge in [0, 0.05) is 20.0 Å². The highest BCUT2D eigenvalue weighted by Crippen LogP contribution is 2.41. The van der Waals surface area contributed by atoms with Crippen LogP contribution < -0.4 is 10.6 Å². The molecule has 0 saturated carbocycles. The van der Waals surface area contributed by atoms with Crippen LogP contribution in [0.25, 0.3) is 0 Å². The summed E-state index contributed by atoms with van der Waals surface area (Å²) in [5, 5.41) is 25.4. The number of nitrogens with one attached hydrogen (secondary N) is 2. The number of rotatable bonds is 18. The Morgan fingerprint density at radius 1 is 1.13 bits per heavy atom. The first-order valence-corrected chi connectivity index (χ1v) is 15.4. The Bertz CT molecular complexity index is 1310. The van der Waals surface area contributed by atoms with Crippen molar-refractivity contribution in [1.82, 2.24) is 35.7 Å². The minimum absolute atomic E-state index is 0.0228. The van der Waals surface area contributed by atoms with Gasteiger partial charge in [-0.25, -0.2) is 14.3 Å². The van der Waals surface area contributed by atoms with Crippen LogP contribution in [0.2, 0.25) is 0 Å². The minimum atomic E-state index is -2.83. The Hall–Kier alpha value is -3.19. The third-order valence-corrected chi connectivity index (χ3v) is 8.21. The number of alkyl halides is 4. The molecule has 1 saturated heterocycles. The Balaban J connectivity index is 1.59. The third-order valence-electron chi connectivity index (χ3n) is 5.80. The zero-order chi connectivity index (χ0) is 33.3. The molecule has 1 aromatic rings. The number of β-lactam (4-membered cyclic amide) rings is 1. The largest absolute Gasteiger partial charge is 0.477 e. The zero-order valence-electron chi connectivity index (χ0n) is 23.1. The molecular formula is C21H25F4N7O10S3. The van der Waals surface area contributed by atoms with Crippen molar-refractivity contribution in [2.24, 2.45) is 0 Å². The fourth-order valence-electron chi connectivity index (χ4n) is 3.88. The first-order valence-electron chi connectivity index (χ1n) is 12.3. The molecule has 3 atom stereocenters. The van der Waals surface area contributed by atoms with Gasteiger partial charge in [0.1, 0.15) is 12.3 Å². The lowest BCUT2D eigenvalue weighted by molar-refractivity contribution is -0.257. The Morgan fingerprint density at radius 2 is 1.80 bits per heavy atom. The quantitative estimate of drug-likeness (QED) is 0.0566. The average molecular weight is 708 g/mol. The lowest BCUT2D eigenvalue weighted by Gasteiger charge is -2.55. The van der Waals surface area contributed by atoms with Gasteiger partial charge < -0.3 is 34.7 Å². The van der Waals surface area contributed by atoms with Gasteiger partial charge in [-0.3, -0.25) is 19.3 Å². The number of carbonyl (C=O) groups excluding carboxylic acids is 4. The number of halogens is 4. The smallest absolute Gasteiger partial charge is 0.356 e. The van der Waals surface area contributed by atoms with E-state index >= 15 is 0 Å². The number of aromatic nitrogens is 4. The van der Waals surface area contributed by atoms with Crippen molar-refractivity contribution in [3.63, 3.8) is 0 Å². The van der Waals surface area contributed by atoms with Crippen LogP contribution >= 0.6 is 35.3 Å². The highest BCUT2D eigenvalue weighted by atomic mass is 32.2. The van der Waals surface area contributed by atoms with Gasteiger partial charge in [0.25, 0.3) is 23.1 Å². The first kappa shape index (κ1) is 36.3. The number of nitrogens with zero attached hydrogens (tertiary/aromatic N) is 5. The summed E-state index contributed by atoms with van der Waals surface area (Å²) < 4.78 is 71.3. The van der Waals surface area contributed by atoms with Crippen LogP contribution in [0.5, 0.6) is 0 Å². The maximum absolute atomic E-state index is 13.0. The number of carbonyl (C=O) groups is 5. The number of aliphatic carboxylic acids is 1. The molecule has 0 aliphatic carbocycles. The second-order valence-corrected chi connectivity index (χ2v) is 11.5. The number of tetrazole rings is 1. The van der Waals surface area contributed by atoms with Crippen molar-refractivity contribution >= 4 is 64.9 Å².